The van der Waals surface area contributed by atoms with E-state index in [0.29, 0.717) is 13.1 Å². The molecule has 19 heavy (non-hydrogen) atoms. The Morgan fingerprint density at radius 1 is 1.32 bits per heavy atom. The minimum Gasteiger partial charge on any atom is -0.366 e. The normalized spacial score (nSPS) is 15.4. The van der Waals surface area contributed by atoms with Gasteiger partial charge in [-0.1, -0.05) is 12.1 Å². The molecule has 1 aromatic rings. The molecule has 2 rings (SSSR count). The zero-order valence-corrected chi connectivity index (χ0v) is 9.92. The van der Waals surface area contributed by atoms with E-state index in [4.69, 9.17) is 0 Å². The van der Waals surface area contributed by atoms with Crippen molar-refractivity contribution in [3.05, 3.63) is 29.8 Å². The molecule has 0 aliphatic carbocycles. The fourth-order valence-corrected chi connectivity index (χ4v) is 1.71. The van der Waals surface area contributed by atoms with E-state index in [9.17, 15) is 18.0 Å². The maximum atomic E-state index is 12.7. The molecule has 1 aromatic carbocycles. The van der Waals surface area contributed by atoms with Gasteiger partial charge < -0.3 is 10.6 Å². The molecule has 7 heteroatoms. The fraction of sp³-hybridized carbons (Fsp3) is 0.333. The van der Waals surface area contributed by atoms with Crippen LogP contribution in [0.1, 0.15) is 12.0 Å². The largest absolute Gasteiger partial charge is 0.418 e. The lowest BCUT2D eigenvalue weighted by molar-refractivity contribution is -0.136. The van der Waals surface area contributed by atoms with Crippen LogP contribution in [-0.2, 0) is 11.0 Å². The molecule has 1 aliphatic rings. The van der Waals surface area contributed by atoms with Crippen LogP contribution in [-0.4, -0.2) is 24.8 Å². The summed E-state index contributed by atoms with van der Waals surface area (Å²) in [6, 6.07) is 4.84. The number of carbonyl (C=O) groups excluding carboxylic acids is 1. The van der Waals surface area contributed by atoms with E-state index in [1.54, 1.807) is 0 Å². The first-order valence-corrected chi connectivity index (χ1v) is 5.74. The number of amidine groups is 1. The van der Waals surface area contributed by atoms with Gasteiger partial charge in [-0.2, -0.15) is 13.2 Å². The quantitative estimate of drug-likeness (QED) is 0.864. The summed E-state index contributed by atoms with van der Waals surface area (Å²) in [5.41, 5.74) is -1.14. The molecule has 1 heterocycles. The summed E-state index contributed by atoms with van der Waals surface area (Å²) < 4.78 is 38.2. The number of benzene rings is 1. The number of anilines is 1. The Morgan fingerprint density at radius 2 is 2.05 bits per heavy atom. The Balaban J connectivity index is 2.19. The van der Waals surface area contributed by atoms with Gasteiger partial charge in [0.15, 0.2) is 5.84 Å². The second kappa shape index (κ2) is 5.29. The number of para-hydroxylation sites is 1. The summed E-state index contributed by atoms with van der Waals surface area (Å²) >= 11 is 0. The number of nitrogens with one attached hydrogen (secondary N) is 2. The first kappa shape index (κ1) is 13.4. The van der Waals surface area contributed by atoms with Gasteiger partial charge in [0.2, 0.25) is 0 Å². The van der Waals surface area contributed by atoms with Crippen molar-refractivity contribution in [3.8, 4) is 0 Å². The highest BCUT2D eigenvalue weighted by Crippen LogP contribution is 2.34. The van der Waals surface area contributed by atoms with Crippen molar-refractivity contribution in [2.24, 2.45) is 4.99 Å². The van der Waals surface area contributed by atoms with Crippen molar-refractivity contribution in [2.45, 2.75) is 12.6 Å². The average Bonchev–Trinajstić information content (AvgIpc) is 2.39. The van der Waals surface area contributed by atoms with Crippen LogP contribution < -0.4 is 10.6 Å². The highest BCUT2D eigenvalue weighted by atomic mass is 19.4. The number of rotatable bonds is 2. The van der Waals surface area contributed by atoms with Crippen LogP contribution in [0.15, 0.2) is 29.3 Å². The topological polar surface area (TPSA) is 53.5 Å². The van der Waals surface area contributed by atoms with E-state index in [0.717, 1.165) is 12.5 Å². The zero-order chi connectivity index (χ0) is 13.9. The molecule has 1 amide bonds. The maximum Gasteiger partial charge on any atom is 0.418 e. The first-order valence-electron chi connectivity index (χ1n) is 5.74. The monoisotopic (exact) mass is 271 g/mol. The Kier molecular flexibility index (Phi) is 3.73. The molecule has 0 fully saturated rings. The van der Waals surface area contributed by atoms with Crippen LogP contribution in [0.3, 0.4) is 0 Å². The van der Waals surface area contributed by atoms with E-state index in [1.807, 2.05) is 0 Å². The van der Waals surface area contributed by atoms with Crippen LogP contribution in [0.5, 0.6) is 0 Å². The molecule has 0 atom stereocenters. The van der Waals surface area contributed by atoms with Gasteiger partial charge in [0.25, 0.3) is 5.91 Å². The number of hydrogen-bond acceptors (Lipinski definition) is 3. The van der Waals surface area contributed by atoms with Crippen molar-refractivity contribution in [1.29, 1.82) is 0 Å². The van der Waals surface area contributed by atoms with Gasteiger partial charge in [-0.05, 0) is 18.6 Å². The Morgan fingerprint density at radius 3 is 2.68 bits per heavy atom. The van der Waals surface area contributed by atoms with Crippen LogP contribution >= 0.6 is 0 Å². The third kappa shape index (κ3) is 3.24. The van der Waals surface area contributed by atoms with Crippen molar-refractivity contribution in [1.82, 2.24) is 5.32 Å². The second-order valence-corrected chi connectivity index (χ2v) is 4.01. The summed E-state index contributed by atoms with van der Waals surface area (Å²) in [7, 11) is 0. The molecular formula is C12H12F3N3O. The molecule has 0 saturated heterocycles. The Bertz CT molecular complexity index is 511. The molecular weight excluding hydrogens is 259 g/mol. The van der Waals surface area contributed by atoms with E-state index in [-0.39, 0.29) is 11.5 Å². The van der Waals surface area contributed by atoms with Gasteiger partial charge in [-0.25, -0.2) is 0 Å². The van der Waals surface area contributed by atoms with Crippen LogP contribution in [0.25, 0.3) is 0 Å². The minimum absolute atomic E-state index is 0.0724. The number of carbonyl (C=O) groups is 1. The zero-order valence-electron chi connectivity index (χ0n) is 9.92. The van der Waals surface area contributed by atoms with Crippen LogP contribution in [0.4, 0.5) is 18.9 Å². The molecule has 4 nitrogen and oxygen atoms in total. The second-order valence-electron chi connectivity index (χ2n) is 4.01. The van der Waals surface area contributed by atoms with Crippen molar-refractivity contribution in [3.63, 3.8) is 0 Å². The summed E-state index contributed by atoms with van der Waals surface area (Å²) in [6.45, 7) is 1.09. The molecule has 0 unspecified atom stereocenters. The van der Waals surface area contributed by atoms with Gasteiger partial charge in [0, 0.05) is 13.1 Å². The molecule has 0 saturated carbocycles. The Hall–Kier alpha value is -2.05. The molecule has 0 aromatic heterocycles. The molecule has 2 N–H and O–H groups in total. The number of aliphatic imine (C=N–C) groups is 1. The lowest BCUT2D eigenvalue weighted by Gasteiger charge is -2.16. The summed E-state index contributed by atoms with van der Waals surface area (Å²) in [5, 5.41) is 4.99. The van der Waals surface area contributed by atoms with Crippen molar-refractivity contribution >= 4 is 17.4 Å². The summed E-state index contributed by atoms with van der Waals surface area (Å²) in [4.78, 5) is 15.7. The predicted molar refractivity (Wildman–Crippen MR) is 65.0 cm³/mol. The number of alkyl halides is 3. The molecule has 0 radical (unpaired) electrons. The highest BCUT2D eigenvalue weighted by Gasteiger charge is 2.33. The number of halogens is 3. The lowest BCUT2D eigenvalue weighted by Crippen LogP contribution is -2.39. The molecule has 0 spiro atoms. The smallest absolute Gasteiger partial charge is 0.366 e. The van der Waals surface area contributed by atoms with Gasteiger partial charge in [-0.15, -0.1) is 0 Å². The van der Waals surface area contributed by atoms with E-state index in [2.05, 4.69) is 15.6 Å². The van der Waals surface area contributed by atoms with Gasteiger partial charge in [0.05, 0.1) is 11.3 Å². The first-order chi connectivity index (χ1) is 8.98. The minimum atomic E-state index is -4.51. The van der Waals surface area contributed by atoms with Gasteiger partial charge in [-0.3, -0.25) is 9.79 Å². The molecule has 102 valence electrons. The third-order valence-corrected chi connectivity index (χ3v) is 2.59. The van der Waals surface area contributed by atoms with Crippen molar-refractivity contribution < 1.29 is 18.0 Å². The predicted octanol–water partition coefficient (Wildman–Crippen LogP) is 2.04. The SMILES string of the molecule is O=C(Nc1ccccc1C(F)(F)F)C1=NCCCN1. The van der Waals surface area contributed by atoms with E-state index in [1.165, 1.54) is 18.2 Å². The molecule has 0 bridgehead atoms. The van der Waals surface area contributed by atoms with Crippen molar-refractivity contribution in [2.75, 3.05) is 18.4 Å². The van der Waals surface area contributed by atoms with E-state index >= 15 is 0 Å². The summed E-state index contributed by atoms with van der Waals surface area (Å²) in [6.07, 6.45) is -3.71. The fourth-order valence-electron chi connectivity index (χ4n) is 1.71. The standard InChI is InChI=1S/C12H12F3N3O/c13-12(14,15)8-4-1-2-5-9(8)18-11(19)10-16-6-3-7-17-10/h1-2,4-5H,3,6-7H2,(H,16,17)(H,18,19). The number of hydrogen-bond donors (Lipinski definition) is 2. The van der Waals surface area contributed by atoms with E-state index < -0.39 is 17.6 Å². The van der Waals surface area contributed by atoms with Crippen LogP contribution in [0, 0.1) is 0 Å². The number of amides is 1. The highest BCUT2D eigenvalue weighted by molar-refractivity contribution is 6.42. The third-order valence-electron chi connectivity index (χ3n) is 2.59. The lowest BCUT2D eigenvalue weighted by atomic mass is 10.1. The Labute approximate surface area is 107 Å². The van der Waals surface area contributed by atoms with Crippen LogP contribution in [0.2, 0.25) is 0 Å². The maximum absolute atomic E-state index is 12.7. The van der Waals surface area contributed by atoms with Gasteiger partial charge >= 0.3 is 6.18 Å². The molecule has 1 aliphatic heterocycles. The van der Waals surface area contributed by atoms with Gasteiger partial charge in [0.1, 0.15) is 0 Å². The average molecular weight is 271 g/mol. The number of nitrogens with zero attached hydrogens (tertiary/aromatic N) is 1. The summed E-state index contributed by atoms with van der Waals surface area (Å²) in [5.74, 6) is -0.584.